The van der Waals surface area contributed by atoms with Crippen LogP contribution in [0, 0.1) is 0 Å². The number of nitrogens with two attached hydrogens (primary N) is 1. The molecule has 6 nitrogen and oxygen atoms in total. The van der Waals surface area contributed by atoms with Crippen LogP contribution in [-0.4, -0.2) is 52.5 Å². The lowest BCUT2D eigenvalue weighted by molar-refractivity contribution is -0.111. The number of hydrogen-bond donors (Lipinski definition) is 2. The molecule has 1 aromatic rings. The van der Waals surface area contributed by atoms with Gasteiger partial charge >= 0.3 is 0 Å². The molecular weight excluding hydrogens is 458 g/mol. The van der Waals surface area contributed by atoms with Crippen molar-refractivity contribution >= 4 is 17.2 Å². The first-order valence-electron chi connectivity index (χ1n) is 13.7. The molecule has 0 aromatic heterocycles. The molecule has 3 N–H and O–H groups in total. The second-order valence-electron chi connectivity index (χ2n) is 10.1. The van der Waals surface area contributed by atoms with Crippen molar-refractivity contribution in [3.05, 3.63) is 77.3 Å². The lowest BCUT2D eigenvalue weighted by atomic mass is 10.0. The summed E-state index contributed by atoms with van der Waals surface area (Å²) in [5.41, 5.74) is 10.6. The van der Waals surface area contributed by atoms with Crippen molar-refractivity contribution in [2.24, 2.45) is 10.7 Å². The van der Waals surface area contributed by atoms with Crippen LogP contribution in [0.4, 0.5) is 5.69 Å². The Morgan fingerprint density at radius 2 is 1.78 bits per heavy atom. The van der Waals surface area contributed by atoms with E-state index in [0.717, 1.165) is 37.4 Å². The van der Waals surface area contributed by atoms with E-state index in [0.29, 0.717) is 29.2 Å². The largest absolute Gasteiger partial charge is 0.397 e. The Morgan fingerprint density at radius 3 is 2.38 bits per heavy atom. The van der Waals surface area contributed by atoms with Crippen molar-refractivity contribution in [2.45, 2.75) is 86.5 Å². The molecule has 2 rings (SSSR count). The minimum Gasteiger partial charge on any atom is -0.397 e. The third-order valence-electron chi connectivity index (χ3n) is 6.62. The number of likely N-dealkylation sites (N-methyl/N-ethyl adjacent to an activating group) is 1. The second-order valence-corrected chi connectivity index (χ2v) is 10.1. The van der Waals surface area contributed by atoms with Gasteiger partial charge in [-0.05, 0) is 84.0 Å². The van der Waals surface area contributed by atoms with Crippen LogP contribution in [0.1, 0.15) is 67.4 Å². The Labute approximate surface area is 224 Å². The summed E-state index contributed by atoms with van der Waals surface area (Å²) in [5, 5.41) is 3.30. The van der Waals surface area contributed by atoms with Gasteiger partial charge in [0, 0.05) is 36.4 Å². The van der Waals surface area contributed by atoms with Gasteiger partial charge < -0.3 is 11.1 Å². The average Bonchev–Trinajstić information content (AvgIpc) is 2.84. The van der Waals surface area contributed by atoms with Crippen molar-refractivity contribution in [2.75, 3.05) is 18.4 Å². The predicted octanol–water partition coefficient (Wildman–Crippen LogP) is 6.05. The normalized spacial score (nSPS) is 16.9. The first-order chi connectivity index (χ1) is 17.6. The van der Waals surface area contributed by atoms with E-state index in [1.54, 1.807) is 6.08 Å². The molecule has 1 aliphatic rings. The van der Waals surface area contributed by atoms with E-state index in [1.165, 1.54) is 11.6 Å². The van der Waals surface area contributed by atoms with Crippen molar-refractivity contribution < 1.29 is 4.79 Å². The van der Waals surface area contributed by atoms with E-state index in [1.807, 2.05) is 12.1 Å². The van der Waals surface area contributed by atoms with Crippen LogP contribution < -0.4 is 11.1 Å². The lowest BCUT2D eigenvalue weighted by Crippen LogP contribution is -2.37. The number of carbonyl (C=O) groups is 1. The van der Waals surface area contributed by atoms with Gasteiger partial charge in [-0.3, -0.25) is 14.6 Å². The average molecular weight is 506 g/mol. The highest BCUT2D eigenvalue weighted by Gasteiger charge is 2.18. The van der Waals surface area contributed by atoms with E-state index in [4.69, 9.17) is 10.7 Å². The molecule has 202 valence electrons. The number of carbonyl (C=O) groups excluding carboxylic acids is 1. The summed E-state index contributed by atoms with van der Waals surface area (Å²) < 4.78 is 0. The SMILES string of the molecule is CC/C=C(\C=C/C(C)N(CC)C(C)C)N=C1C=C(Nc2cccc(CN(CC)C(C)C)c2)C(=O)C=C1N. The van der Waals surface area contributed by atoms with E-state index < -0.39 is 0 Å². The van der Waals surface area contributed by atoms with Crippen molar-refractivity contribution in [3.63, 3.8) is 0 Å². The van der Waals surface area contributed by atoms with Crippen LogP contribution in [0.3, 0.4) is 0 Å². The maximum Gasteiger partial charge on any atom is 0.204 e. The molecule has 1 atom stereocenters. The fourth-order valence-corrected chi connectivity index (χ4v) is 4.55. The third-order valence-corrected chi connectivity index (χ3v) is 6.62. The molecule has 0 saturated heterocycles. The van der Waals surface area contributed by atoms with E-state index in [-0.39, 0.29) is 11.8 Å². The maximum absolute atomic E-state index is 12.8. The molecule has 0 bridgehead atoms. The molecule has 0 spiro atoms. The minimum absolute atomic E-state index is 0.153. The van der Waals surface area contributed by atoms with Gasteiger partial charge in [0.25, 0.3) is 0 Å². The number of allylic oxidation sites excluding steroid dienone is 4. The highest BCUT2D eigenvalue weighted by molar-refractivity contribution is 6.22. The molecule has 6 heteroatoms. The molecule has 0 heterocycles. The van der Waals surface area contributed by atoms with Crippen LogP contribution >= 0.6 is 0 Å². The van der Waals surface area contributed by atoms with Crippen LogP contribution in [0.15, 0.2) is 76.7 Å². The summed E-state index contributed by atoms with van der Waals surface area (Å²) in [7, 11) is 0. The topological polar surface area (TPSA) is 74.0 Å². The summed E-state index contributed by atoms with van der Waals surface area (Å²) in [4.78, 5) is 22.4. The van der Waals surface area contributed by atoms with Gasteiger partial charge in [-0.2, -0.15) is 0 Å². The maximum atomic E-state index is 12.8. The zero-order valence-electron chi connectivity index (χ0n) is 24.1. The van der Waals surface area contributed by atoms with Gasteiger partial charge in [-0.15, -0.1) is 0 Å². The number of nitrogens with one attached hydrogen (secondary N) is 1. The number of benzene rings is 1. The van der Waals surface area contributed by atoms with Crippen LogP contribution in [0.25, 0.3) is 0 Å². The molecular formula is C31H47N5O. The van der Waals surface area contributed by atoms with Gasteiger partial charge in [0.2, 0.25) is 5.78 Å². The number of rotatable bonds is 13. The lowest BCUT2D eigenvalue weighted by Gasteiger charge is -2.29. The number of nitrogens with zero attached hydrogens (tertiary/aromatic N) is 3. The Balaban J connectivity index is 2.29. The molecule has 37 heavy (non-hydrogen) atoms. The quantitative estimate of drug-likeness (QED) is 0.252. The van der Waals surface area contributed by atoms with Crippen LogP contribution in [-0.2, 0) is 11.3 Å². The Morgan fingerprint density at radius 1 is 1.05 bits per heavy atom. The number of ketones is 1. The monoisotopic (exact) mass is 505 g/mol. The zero-order valence-corrected chi connectivity index (χ0v) is 24.1. The van der Waals surface area contributed by atoms with Crippen molar-refractivity contribution in [1.82, 2.24) is 9.80 Å². The summed E-state index contributed by atoms with van der Waals surface area (Å²) in [6.07, 6.45) is 10.4. The molecule has 1 aromatic carbocycles. The fraction of sp³-hybridized carbons (Fsp3) is 0.484. The summed E-state index contributed by atoms with van der Waals surface area (Å²) in [5.74, 6) is -0.153. The van der Waals surface area contributed by atoms with Gasteiger partial charge in [-0.25, -0.2) is 4.99 Å². The number of aliphatic imine (C=N–C) groups is 1. The Hall–Kier alpha value is -2.96. The fourth-order valence-electron chi connectivity index (χ4n) is 4.55. The molecule has 1 unspecified atom stereocenters. The second kappa shape index (κ2) is 14.7. The van der Waals surface area contributed by atoms with E-state index in [2.05, 4.69) is 101 Å². The molecule has 0 saturated carbocycles. The van der Waals surface area contributed by atoms with Gasteiger partial charge in [-0.1, -0.05) is 45.1 Å². The van der Waals surface area contributed by atoms with Crippen molar-refractivity contribution in [1.29, 1.82) is 0 Å². The Bertz CT molecular complexity index is 1060. The highest BCUT2D eigenvalue weighted by Crippen LogP contribution is 2.19. The smallest absolute Gasteiger partial charge is 0.204 e. The first kappa shape index (κ1) is 30.3. The molecule has 1 aliphatic carbocycles. The van der Waals surface area contributed by atoms with Gasteiger partial charge in [0.05, 0.1) is 22.8 Å². The summed E-state index contributed by atoms with van der Waals surface area (Å²) >= 11 is 0. The third kappa shape index (κ3) is 9.13. The molecule has 0 aliphatic heterocycles. The van der Waals surface area contributed by atoms with Gasteiger partial charge in [0.15, 0.2) is 0 Å². The molecule has 0 amide bonds. The molecule has 0 fully saturated rings. The van der Waals surface area contributed by atoms with Gasteiger partial charge in [0.1, 0.15) is 0 Å². The van der Waals surface area contributed by atoms with Crippen LogP contribution in [0.2, 0.25) is 0 Å². The van der Waals surface area contributed by atoms with E-state index >= 15 is 0 Å². The molecule has 0 radical (unpaired) electrons. The summed E-state index contributed by atoms with van der Waals surface area (Å²) in [6, 6.07) is 9.42. The number of anilines is 1. The number of hydrogen-bond acceptors (Lipinski definition) is 6. The highest BCUT2D eigenvalue weighted by atomic mass is 16.1. The zero-order chi connectivity index (χ0) is 27.5. The van der Waals surface area contributed by atoms with E-state index in [9.17, 15) is 4.79 Å². The standard InChI is InChI=1S/C31H47N5O/c1-9-13-26(17-16-24(8)36(11-3)23(6)7)33-29-20-30(31(37)19-28(29)32)34-27-15-12-14-25(18-27)21-35(10-2)22(4)5/h12-20,22-24,34H,9-11,21,32H2,1-8H3/b17-16-,26-13+,33-29?. The van der Waals surface area contributed by atoms with Crippen LogP contribution in [0.5, 0.6) is 0 Å². The van der Waals surface area contributed by atoms with Crippen molar-refractivity contribution in [3.8, 4) is 0 Å². The Kier molecular flexibility index (Phi) is 12.0. The predicted molar refractivity (Wildman–Crippen MR) is 159 cm³/mol. The summed E-state index contributed by atoms with van der Waals surface area (Å²) in [6.45, 7) is 20.3. The minimum atomic E-state index is -0.153. The first-order valence-corrected chi connectivity index (χ1v) is 13.7.